The van der Waals surface area contributed by atoms with Gasteiger partial charge < -0.3 is 13.4 Å². The van der Waals surface area contributed by atoms with Gasteiger partial charge in [0.25, 0.3) is 10.1 Å². The first kappa shape index (κ1) is 45.7. The Morgan fingerprint density at radius 2 is 1.52 bits per heavy atom. The van der Waals surface area contributed by atoms with Crippen LogP contribution in [-0.4, -0.2) is 85.3 Å². The van der Waals surface area contributed by atoms with Gasteiger partial charge in [0.05, 0.1) is 16.7 Å². The molecule has 0 fully saturated rings. The molecule has 0 atom stereocenters. The van der Waals surface area contributed by atoms with E-state index in [-0.39, 0.29) is 22.6 Å². The zero-order chi connectivity index (χ0) is 42.5. The minimum atomic E-state index is -4.90. The van der Waals surface area contributed by atoms with E-state index < -0.39 is 41.5 Å². The second-order valence-electron chi connectivity index (χ2n) is 15.8. The van der Waals surface area contributed by atoms with Crippen LogP contribution in [0.1, 0.15) is 53.0 Å². The smallest absolute Gasteiger partial charge is 0.295 e. The number of hydrogen-bond donors (Lipinski definition) is 1. The van der Waals surface area contributed by atoms with Gasteiger partial charge in [0, 0.05) is 70.8 Å². The molecule has 16 heteroatoms. The van der Waals surface area contributed by atoms with Crippen LogP contribution in [0.25, 0.3) is 33.4 Å². The lowest BCUT2D eigenvalue weighted by Crippen LogP contribution is -2.46. The number of unbranched alkanes of at least 4 members (excludes halogenated alkanes) is 1. The van der Waals surface area contributed by atoms with Crippen LogP contribution in [0.3, 0.4) is 0 Å². The van der Waals surface area contributed by atoms with Crippen molar-refractivity contribution in [1.82, 2.24) is 14.5 Å². The van der Waals surface area contributed by atoms with E-state index in [0.29, 0.717) is 38.6 Å². The third-order valence-electron chi connectivity index (χ3n) is 10.4. The van der Waals surface area contributed by atoms with Crippen LogP contribution in [0.5, 0.6) is 0 Å². The fourth-order valence-corrected chi connectivity index (χ4v) is 20.1. The third-order valence-corrected chi connectivity index (χ3v) is 22.8. The quantitative estimate of drug-likeness (QED) is 0.0212. The Morgan fingerprint density at radius 3 is 2.14 bits per heavy atom. The van der Waals surface area contributed by atoms with E-state index in [4.69, 9.17) is 8.53 Å². The van der Waals surface area contributed by atoms with Crippen molar-refractivity contribution in [2.24, 2.45) is 0 Å². The summed E-state index contributed by atoms with van der Waals surface area (Å²) in [5.41, 5.74) is 3.42. The molecular formula is C42H59N4O7S3Si2+. The number of anilines is 1. The van der Waals surface area contributed by atoms with Gasteiger partial charge in [-0.1, -0.05) is 37.6 Å². The number of nitrogens with zero attached hydrogens (tertiary/aromatic N) is 4. The number of benzene rings is 3. The minimum absolute atomic E-state index is 0.121. The molecule has 1 aliphatic carbocycles. The molecule has 2 aromatic carbocycles. The van der Waals surface area contributed by atoms with Crippen LogP contribution < -0.4 is 14.8 Å². The minimum Gasteiger partial charge on any atom is -0.456 e. The van der Waals surface area contributed by atoms with Crippen LogP contribution >= 0.6 is 11.8 Å². The predicted octanol–water partition coefficient (Wildman–Crippen LogP) is 8.77. The summed E-state index contributed by atoms with van der Waals surface area (Å²) in [5, 5.41) is 2.99. The van der Waals surface area contributed by atoms with Crippen LogP contribution in [0.4, 0.5) is 5.69 Å². The van der Waals surface area contributed by atoms with Crippen LogP contribution in [0.15, 0.2) is 86.4 Å². The van der Waals surface area contributed by atoms with E-state index in [2.05, 4.69) is 80.3 Å². The molecule has 0 amide bonds. The number of aromatic nitrogens is 2. The Bertz CT molecular complexity index is 2480. The molecule has 11 nitrogen and oxygen atoms in total. The van der Waals surface area contributed by atoms with Crippen LogP contribution in [0.2, 0.25) is 32.2 Å². The van der Waals surface area contributed by atoms with Crippen molar-refractivity contribution in [3.8, 4) is 22.5 Å². The molecule has 2 aliphatic rings. The summed E-state index contributed by atoms with van der Waals surface area (Å²) in [6, 6.07) is 16.6. The molecule has 1 aliphatic heterocycles. The monoisotopic (exact) mass is 883 g/mol. The van der Waals surface area contributed by atoms with Gasteiger partial charge in [-0.05, 0) is 102 Å². The normalized spacial score (nSPS) is 12.7. The second-order valence-corrected chi connectivity index (χ2v) is 29.4. The second kappa shape index (κ2) is 18.9. The predicted molar refractivity (Wildman–Crippen MR) is 242 cm³/mol. The van der Waals surface area contributed by atoms with Crippen LogP contribution in [0, 0.1) is 0 Å². The summed E-state index contributed by atoms with van der Waals surface area (Å²) in [4.78, 5) is 10.5. The first-order valence-electron chi connectivity index (χ1n) is 20.2. The zero-order valence-corrected chi connectivity index (χ0v) is 39.8. The molecule has 0 bridgehead atoms. The fraction of sp³-hybridized carbons (Fsp3) is 0.452. The third kappa shape index (κ3) is 11.1. The number of aryl methyl sites for hydroxylation is 1. The summed E-state index contributed by atoms with van der Waals surface area (Å²) in [6.07, 6.45) is 5.74. The summed E-state index contributed by atoms with van der Waals surface area (Å²) in [5.74, 6) is 0.219. The number of rotatable bonds is 19. The highest BCUT2D eigenvalue weighted by Crippen LogP contribution is 2.43. The van der Waals surface area contributed by atoms with Crippen molar-refractivity contribution in [3.05, 3.63) is 77.9 Å². The van der Waals surface area contributed by atoms with Gasteiger partial charge in [-0.15, -0.1) is 0 Å². The lowest BCUT2D eigenvalue weighted by atomic mass is 9.93. The van der Waals surface area contributed by atoms with Crippen molar-refractivity contribution in [3.63, 3.8) is 0 Å². The Balaban J connectivity index is 1.47. The van der Waals surface area contributed by atoms with E-state index in [1.807, 2.05) is 36.4 Å². The van der Waals surface area contributed by atoms with Crippen LogP contribution in [-0.2, 0) is 30.5 Å². The van der Waals surface area contributed by atoms with E-state index in [1.165, 1.54) is 18.6 Å². The summed E-state index contributed by atoms with van der Waals surface area (Å²) in [6.45, 7) is 22.6. The van der Waals surface area contributed by atoms with Gasteiger partial charge >= 0.3 is 0 Å². The fourth-order valence-electron chi connectivity index (χ4n) is 7.43. The van der Waals surface area contributed by atoms with Gasteiger partial charge in [-0.2, -0.15) is 8.42 Å². The van der Waals surface area contributed by atoms with Gasteiger partial charge in [-0.25, -0.2) is 23.0 Å². The zero-order valence-electron chi connectivity index (χ0n) is 35.3. The molecule has 58 heavy (non-hydrogen) atoms. The molecule has 0 saturated carbocycles. The van der Waals surface area contributed by atoms with E-state index >= 15 is 0 Å². The van der Waals surface area contributed by atoms with Gasteiger partial charge in [0.2, 0.25) is 5.36 Å². The molecule has 1 N–H and O–H groups in total. The summed E-state index contributed by atoms with van der Waals surface area (Å²) in [7, 11) is -12.6. The lowest BCUT2D eigenvalue weighted by Gasteiger charge is -2.33. The Labute approximate surface area is 351 Å². The lowest BCUT2D eigenvalue weighted by molar-refractivity contribution is 0.483. The van der Waals surface area contributed by atoms with E-state index in [0.717, 1.165) is 61.1 Å². The first-order chi connectivity index (χ1) is 27.3. The van der Waals surface area contributed by atoms with Crippen molar-refractivity contribution < 1.29 is 29.9 Å². The molecule has 0 saturated heterocycles. The van der Waals surface area contributed by atoms with Crippen molar-refractivity contribution in [2.75, 3.05) is 42.2 Å². The molecule has 3 aromatic rings. The molecular weight excluding hydrogens is 825 g/mol. The van der Waals surface area contributed by atoms with Crippen molar-refractivity contribution >= 4 is 65.0 Å². The largest absolute Gasteiger partial charge is 0.456 e. The summed E-state index contributed by atoms with van der Waals surface area (Å²) >= 11 is 1.56. The SMILES string of the molecule is CCCC[Si](C)(C)O[Si](C)(C)CSc1ncc(CCS(=O)(=O)c2ccc(-c3c4ccc(=[N+](CC)CC)cc-4oc4cc(N(CC)CC)ccc34)c(S(=O)(=O)O)c2)cn1. The highest BCUT2D eigenvalue weighted by atomic mass is 32.2. The highest BCUT2D eigenvalue weighted by Gasteiger charge is 2.33. The maximum absolute atomic E-state index is 13.8. The number of thioether (sulfide) groups is 1. The summed E-state index contributed by atoms with van der Waals surface area (Å²) < 4.78 is 80.0. The van der Waals surface area contributed by atoms with E-state index in [9.17, 15) is 21.4 Å². The number of sulfone groups is 1. The van der Waals surface area contributed by atoms with Crippen molar-refractivity contribution in [1.29, 1.82) is 0 Å². The molecule has 0 spiro atoms. The molecule has 1 aromatic heterocycles. The standard InChI is InChI=1S/C42H58N4O7S3Si2/c1-10-15-24-57(6,7)53-58(8,9)30-54-42-43-28-31(29-44-42)22-23-55(47,48)34-18-21-37(40(27-34)56(49,50)51)41-35-19-16-32(45(11-2)12-3)25-38(35)52-39-26-33(17-20-36(39)41)46(13-4)14-5/h16-21,25-29H,10-15,22-24,30H2,1-9H3/p+1. The maximum atomic E-state index is 13.8. The Kier molecular flexibility index (Phi) is 14.9. The number of hydrogen-bond acceptors (Lipinski definition) is 10. The van der Waals surface area contributed by atoms with Gasteiger partial charge in [-0.3, -0.25) is 4.55 Å². The van der Waals surface area contributed by atoms with Gasteiger partial charge in [0.15, 0.2) is 31.6 Å². The average molecular weight is 884 g/mol. The molecule has 0 unspecified atom stereocenters. The topological polar surface area (TPSA) is 143 Å². The number of fused-ring (bicyclic) bond motifs is 2. The molecule has 2 heterocycles. The molecule has 314 valence electrons. The maximum Gasteiger partial charge on any atom is 0.295 e. The average Bonchev–Trinajstić information content (AvgIpc) is 3.18. The van der Waals surface area contributed by atoms with Gasteiger partial charge in [0.1, 0.15) is 29.3 Å². The molecule has 5 rings (SSSR count). The van der Waals surface area contributed by atoms with E-state index in [1.54, 1.807) is 24.2 Å². The first-order valence-corrected chi connectivity index (χ1v) is 30.5. The Hall–Kier alpha value is -3.39. The highest BCUT2D eigenvalue weighted by molar-refractivity contribution is 8.00. The van der Waals surface area contributed by atoms with Crippen molar-refractivity contribution in [2.45, 2.75) is 101 Å². The Morgan fingerprint density at radius 1 is 0.845 bits per heavy atom. The molecule has 0 radical (unpaired) electrons.